The number of rotatable bonds is 64. The van der Waals surface area contributed by atoms with Gasteiger partial charge in [0.15, 0.2) is 0 Å². The van der Waals surface area contributed by atoms with Crippen LogP contribution in [0, 0.1) is 0 Å². The summed E-state index contributed by atoms with van der Waals surface area (Å²) >= 11 is 0. The van der Waals surface area contributed by atoms with E-state index < -0.39 is 12.1 Å². The van der Waals surface area contributed by atoms with Gasteiger partial charge in [0, 0.05) is 12.8 Å². The quantitative estimate of drug-likeness (QED) is 0.0320. The summed E-state index contributed by atoms with van der Waals surface area (Å²) in [5, 5.41) is 23.3. The fraction of sp³-hybridized carbons (Fsp3) is 0.913. The highest BCUT2D eigenvalue weighted by Gasteiger charge is 2.20. The van der Waals surface area contributed by atoms with E-state index in [0.717, 1.165) is 44.9 Å². The third-order valence-corrected chi connectivity index (χ3v) is 16.0. The van der Waals surface area contributed by atoms with Gasteiger partial charge in [-0.25, -0.2) is 0 Å². The largest absolute Gasteiger partial charge is 0.466 e. The van der Waals surface area contributed by atoms with Crippen LogP contribution >= 0.6 is 0 Å². The number of esters is 1. The molecule has 0 saturated heterocycles. The van der Waals surface area contributed by atoms with Crippen LogP contribution in [0.3, 0.4) is 0 Å². The second-order valence-corrected chi connectivity index (χ2v) is 23.5. The lowest BCUT2D eigenvalue weighted by Gasteiger charge is -2.22. The van der Waals surface area contributed by atoms with Gasteiger partial charge < -0.3 is 20.3 Å². The van der Waals surface area contributed by atoms with Crippen molar-refractivity contribution in [1.29, 1.82) is 0 Å². The van der Waals surface area contributed by atoms with E-state index in [1.807, 2.05) is 0 Å². The molecule has 0 aromatic heterocycles. The topological polar surface area (TPSA) is 95.9 Å². The van der Waals surface area contributed by atoms with Crippen LogP contribution in [0.5, 0.6) is 0 Å². The van der Waals surface area contributed by atoms with E-state index in [1.165, 1.54) is 302 Å². The van der Waals surface area contributed by atoms with Gasteiger partial charge in [-0.15, -0.1) is 0 Å². The van der Waals surface area contributed by atoms with Crippen LogP contribution in [0.25, 0.3) is 0 Å². The van der Waals surface area contributed by atoms with Crippen molar-refractivity contribution in [2.45, 2.75) is 392 Å². The van der Waals surface area contributed by atoms with Gasteiger partial charge in [0.2, 0.25) is 5.91 Å². The molecule has 75 heavy (non-hydrogen) atoms. The standard InChI is InChI=1S/C69H133NO5/c1-3-5-7-9-11-13-15-16-17-35-38-42-45-49-53-57-61-67(72)66(65-71)70-68(73)62-58-54-50-46-43-39-36-33-31-29-27-25-23-21-19-18-20-22-24-26-28-30-32-34-37-40-44-48-52-56-60-64-75-69(74)63-59-55-51-47-41-14-12-10-8-6-4-2/h10,12,20,22,66-67,71-72H,3-9,11,13-19,21,23-65H2,1-2H3,(H,70,73)/b12-10-,22-20-. The SMILES string of the molecule is CCCC/C=C\CCCCCCCC(=O)OCCCCCCCCCCCCCC/C=C\CCCCCCCCCCCCCCCCCC(=O)NC(CO)C(O)CCCCCCCCCCCCCCCCCC. The second kappa shape index (κ2) is 64.9. The molecule has 0 spiro atoms. The number of nitrogens with one attached hydrogen (secondary N) is 1. The molecule has 0 heterocycles. The Morgan fingerprint density at radius 1 is 0.360 bits per heavy atom. The van der Waals surface area contributed by atoms with E-state index in [-0.39, 0.29) is 18.5 Å². The van der Waals surface area contributed by atoms with Crippen LogP contribution in [0.4, 0.5) is 0 Å². The highest BCUT2D eigenvalue weighted by Crippen LogP contribution is 2.18. The number of hydrogen-bond donors (Lipinski definition) is 3. The third-order valence-electron chi connectivity index (χ3n) is 16.0. The van der Waals surface area contributed by atoms with Gasteiger partial charge in [0.05, 0.1) is 25.4 Å². The zero-order valence-corrected chi connectivity index (χ0v) is 50.8. The normalized spacial score (nSPS) is 12.6. The Balaban J connectivity index is 3.36. The molecule has 0 aromatic carbocycles. The molecule has 0 saturated carbocycles. The maximum atomic E-state index is 12.5. The maximum absolute atomic E-state index is 12.5. The Morgan fingerprint density at radius 3 is 0.987 bits per heavy atom. The fourth-order valence-corrected chi connectivity index (χ4v) is 10.7. The Morgan fingerprint density at radius 2 is 0.640 bits per heavy atom. The third kappa shape index (κ3) is 61.4. The summed E-state index contributed by atoms with van der Waals surface area (Å²) in [6.45, 7) is 4.94. The molecule has 3 N–H and O–H groups in total. The number of amides is 1. The fourth-order valence-electron chi connectivity index (χ4n) is 10.7. The lowest BCUT2D eigenvalue weighted by molar-refractivity contribution is -0.143. The van der Waals surface area contributed by atoms with E-state index in [4.69, 9.17) is 4.74 Å². The van der Waals surface area contributed by atoms with Crippen molar-refractivity contribution in [2.75, 3.05) is 13.2 Å². The Labute approximate surface area is 469 Å². The van der Waals surface area contributed by atoms with Gasteiger partial charge in [-0.1, -0.05) is 321 Å². The molecule has 444 valence electrons. The van der Waals surface area contributed by atoms with Crippen LogP contribution in [-0.2, 0) is 14.3 Å². The minimum absolute atomic E-state index is 0.00694. The number of carbonyl (C=O) groups excluding carboxylic acids is 2. The van der Waals surface area contributed by atoms with Crippen molar-refractivity contribution >= 4 is 11.9 Å². The summed E-state index contributed by atoms with van der Waals surface area (Å²) in [5.41, 5.74) is 0. The van der Waals surface area contributed by atoms with Gasteiger partial charge in [-0.05, 0) is 70.6 Å². The Kier molecular flexibility index (Phi) is 63.4. The monoisotopic (exact) mass is 1060 g/mol. The molecule has 0 radical (unpaired) electrons. The van der Waals surface area contributed by atoms with Crippen LogP contribution in [0.15, 0.2) is 24.3 Å². The number of hydrogen-bond acceptors (Lipinski definition) is 5. The Bertz CT molecular complexity index is 1170. The van der Waals surface area contributed by atoms with Crippen LogP contribution in [0.1, 0.15) is 380 Å². The molecule has 1 amide bonds. The molecule has 6 heteroatoms. The van der Waals surface area contributed by atoms with Gasteiger partial charge >= 0.3 is 5.97 Å². The molecule has 0 fully saturated rings. The molecule has 0 aliphatic carbocycles. The summed E-state index contributed by atoms with van der Waals surface area (Å²) in [6, 6.07) is -0.539. The number of allylic oxidation sites excluding steroid dienone is 4. The van der Waals surface area contributed by atoms with Crippen molar-refractivity contribution < 1.29 is 24.5 Å². The summed E-state index contributed by atoms with van der Waals surface area (Å²) in [5.74, 6) is -0.0229. The van der Waals surface area contributed by atoms with Crippen LogP contribution in [-0.4, -0.2) is 47.4 Å². The smallest absolute Gasteiger partial charge is 0.305 e. The lowest BCUT2D eigenvalue weighted by atomic mass is 10.0. The van der Waals surface area contributed by atoms with E-state index in [2.05, 4.69) is 43.5 Å². The van der Waals surface area contributed by atoms with Crippen molar-refractivity contribution in [2.24, 2.45) is 0 Å². The lowest BCUT2D eigenvalue weighted by Crippen LogP contribution is -2.45. The molecular formula is C69H133NO5. The number of ether oxygens (including phenoxy) is 1. The highest BCUT2D eigenvalue weighted by molar-refractivity contribution is 5.76. The van der Waals surface area contributed by atoms with Gasteiger partial charge in [-0.3, -0.25) is 9.59 Å². The molecular weight excluding hydrogens is 923 g/mol. The number of aliphatic hydroxyl groups is 2. The minimum atomic E-state index is -0.662. The molecule has 0 bridgehead atoms. The van der Waals surface area contributed by atoms with Crippen LogP contribution in [0.2, 0.25) is 0 Å². The van der Waals surface area contributed by atoms with Crippen molar-refractivity contribution in [3.63, 3.8) is 0 Å². The zero-order valence-electron chi connectivity index (χ0n) is 50.8. The first kappa shape index (κ1) is 73.3. The summed E-state index contributed by atoms with van der Waals surface area (Å²) in [7, 11) is 0. The number of unbranched alkanes of at least 4 members (excludes halogenated alkanes) is 49. The first-order valence-corrected chi connectivity index (χ1v) is 34.1. The minimum Gasteiger partial charge on any atom is -0.466 e. The van der Waals surface area contributed by atoms with E-state index in [9.17, 15) is 19.8 Å². The van der Waals surface area contributed by atoms with Crippen molar-refractivity contribution in [3.8, 4) is 0 Å². The molecule has 2 unspecified atom stereocenters. The molecule has 0 aromatic rings. The van der Waals surface area contributed by atoms with Crippen molar-refractivity contribution in [1.82, 2.24) is 5.32 Å². The summed E-state index contributed by atoms with van der Waals surface area (Å²) < 4.78 is 5.46. The predicted molar refractivity (Wildman–Crippen MR) is 329 cm³/mol. The first-order valence-electron chi connectivity index (χ1n) is 34.1. The molecule has 6 nitrogen and oxygen atoms in total. The van der Waals surface area contributed by atoms with E-state index in [0.29, 0.717) is 25.9 Å². The average Bonchev–Trinajstić information content (AvgIpc) is 3.41. The molecule has 2 atom stereocenters. The van der Waals surface area contributed by atoms with E-state index in [1.54, 1.807) is 0 Å². The average molecular weight is 1060 g/mol. The predicted octanol–water partition coefficient (Wildman–Crippen LogP) is 21.8. The van der Waals surface area contributed by atoms with Crippen molar-refractivity contribution in [3.05, 3.63) is 24.3 Å². The molecule has 0 aliphatic heterocycles. The van der Waals surface area contributed by atoms with Gasteiger partial charge in [-0.2, -0.15) is 0 Å². The number of aliphatic hydroxyl groups excluding tert-OH is 2. The maximum Gasteiger partial charge on any atom is 0.305 e. The second-order valence-electron chi connectivity index (χ2n) is 23.5. The zero-order chi connectivity index (χ0) is 54.3. The number of carbonyl (C=O) groups is 2. The molecule has 0 aliphatic rings. The Hall–Kier alpha value is -1.66. The molecule has 0 rings (SSSR count). The summed E-state index contributed by atoms with van der Waals surface area (Å²) in [4.78, 5) is 24.5. The van der Waals surface area contributed by atoms with Gasteiger partial charge in [0.1, 0.15) is 0 Å². The first-order chi connectivity index (χ1) is 37.0. The van der Waals surface area contributed by atoms with Gasteiger partial charge in [0.25, 0.3) is 0 Å². The van der Waals surface area contributed by atoms with Crippen LogP contribution < -0.4 is 5.32 Å². The summed E-state index contributed by atoms with van der Waals surface area (Å²) in [6.07, 6.45) is 80.8. The van der Waals surface area contributed by atoms with E-state index >= 15 is 0 Å². The highest BCUT2D eigenvalue weighted by atomic mass is 16.5.